The van der Waals surface area contributed by atoms with Crippen LogP contribution in [0.2, 0.25) is 0 Å². The van der Waals surface area contributed by atoms with E-state index in [2.05, 4.69) is 10.3 Å². The van der Waals surface area contributed by atoms with E-state index in [0.717, 1.165) is 12.1 Å². The Morgan fingerprint density at radius 2 is 1.74 bits per heavy atom. The third-order valence-electron chi connectivity index (χ3n) is 2.42. The van der Waals surface area contributed by atoms with Crippen molar-refractivity contribution in [2.75, 3.05) is 5.32 Å². The molecule has 0 aliphatic heterocycles. The lowest BCUT2D eigenvalue weighted by atomic mass is 10.2. The summed E-state index contributed by atoms with van der Waals surface area (Å²) in [5.74, 6) is -4.86. The molecule has 0 spiro atoms. The van der Waals surface area contributed by atoms with Crippen molar-refractivity contribution < 1.29 is 18.0 Å². The van der Waals surface area contributed by atoms with Crippen molar-refractivity contribution in [2.24, 2.45) is 0 Å². The molecule has 1 aromatic carbocycles. The minimum atomic E-state index is -1.61. The second-order valence-corrected chi connectivity index (χ2v) is 3.80. The smallest absolute Gasteiger partial charge is 0.228 e. The molecule has 3 nitrogen and oxygen atoms in total. The second kappa shape index (κ2) is 5.51. The van der Waals surface area contributed by atoms with Gasteiger partial charge >= 0.3 is 0 Å². The number of nitrogens with one attached hydrogen (secondary N) is 1. The Balaban J connectivity index is 2.10. The lowest BCUT2D eigenvalue weighted by Gasteiger charge is -2.07. The number of rotatable bonds is 3. The zero-order valence-corrected chi connectivity index (χ0v) is 9.66. The van der Waals surface area contributed by atoms with Crippen LogP contribution < -0.4 is 5.32 Å². The molecule has 98 valence electrons. The molecular weight excluding hydrogens is 257 g/mol. The normalized spacial score (nSPS) is 10.3. The maximum absolute atomic E-state index is 13.3. The highest BCUT2D eigenvalue weighted by atomic mass is 19.2. The van der Waals surface area contributed by atoms with Crippen LogP contribution in [0, 0.1) is 17.5 Å². The summed E-state index contributed by atoms with van der Waals surface area (Å²) in [6.07, 6.45) is 3.02. The average molecular weight is 266 g/mol. The van der Waals surface area contributed by atoms with Crippen LogP contribution in [0.1, 0.15) is 5.56 Å². The van der Waals surface area contributed by atoms with Gasteiger partial charge in [-0.05, 0) is 29.8 Å². The van der Waals surface area contributed by atoms with E-state index in [0.29, 0.717) is 5.56 Å². The summed E-state index contributed by atoms with van der Waals surface area (Å²) in [5.41, 5.74) is 0.286. The molecule has 1 amide bonds. The Morgan fingerprint density at radius 3 is 2.42 bits per heavy atom. The van der Waals surface area contributed by atoms with Crippen molar-refractivity contribution in [2.45, 2.75) is 6.42 Å². The van der Waals surface area contributed by atoms with Crippen molar-refractivity contribution in [1.82, 2.24) is 4.98 Å². The summed E-state index contributed by atoms with van der Waals surface area (Å²) < 4.78 is 39.0. The zero-order chi connectivity index (χ0) is 13.8. The van der Waals surface area contributed by atoms with Crippen molar-refractivity contribution in [3.8, 4) is 0 Å². The van der Waals surface area contributed by atoms with Gasteiger partial charge in [-0.1, -0.05) is 0 Å². The molecule has 0 saturated heterocycles. The van der Waals surface area contributed by atoms with Crippen LogP contribution in [0.25, 0.3) is 0 Å². The van der Waals surface area contributed by atoms with E-state index in [9.17, 15) is 18.0 Å². The van der Waals surface area contributed by atoms with Gasteiger partial charge in [0.15, 0.2) is 17.5 Å². The third kappa shape index (κ3) is 3.09. The van der Waals surface area contributed by atoms with Crippen molar-refractivity contribution in [1.29, 1.82) is 0 Å². The van der Waals surface area contributed by atoms with E-state index >= 15 is 0 Å². The topological polar surface area (TPSA) is 42.0 Å². The predicted octanol–water partition coefficient (Wildman–Crippen LogP) is 2.68. The molecule has 0 fully saturated rings. The molecular formula is C13H9F3N2O. The van der Waals surface area contributed by atoms with Gasteiger partial charge in [0, 0.05) is 12.4 Å². The van der Waals surface area contributed by atoms with Gasteiger partial charge in [0.1, 0.15) is 0 Å². The van der Waals surface area contributed by atoms with Crippen LogP contribution in [-0.2, 0) is 11.2 Å². The minimum Gasteiger partial charge on any atom is -0.323 e. The first-order valence-electron chi connectivity index (χ1n) is 5.40. The molecule has 0 aliphatic carbocycles. The van der Waals surface area contributed by atoms with Crippen LogP contribution in [0.4, 0.5) is 18.9 Å². The number of amides is 1. The van der Waals surface area contributed by atoms with Gasteiger partial charge in [0.05, 0.1) is 12.1 Å². The molecule has 0 radical (unpaired) electrons. The van der Waals surface area contributed by atoms with E-state index in [4.69, 9.17) is 0 Å². The summed E-state index contributed by atoms with van der Waals surface area (Å²) in [4.78, 5) is 15.4. The summed E-state index contributed by atoms with van der Waals surface area (Å²) in [7, 11) is 0. The van der Waals surface area contributed by atoms with E-state index in [1.807, 2.05) is 0 Å². The molecule has 1 aromatic heterocycles. The van der Waals surface area contributed by atoms with Gasteiger partial charge in [-0.15, -0.1) is 0 Å². The van der Waals surface area contributed by atoms with Crippen molar-refractivity contribution in [3.63, 3.8) is 0 Å². The van der Waals surface area contributed by atoms with Crippen molar-refractivity contribution in [3.05, 3.63) is 59.7 Å². The number of anilines is 1. The van der Waals surface area contributed by atoms with Crippen LogP contribution in [0.5, 0.6) is 0 Å². The second-order valence-electron chi connectivity index (χ2n) is 3.80. The number of carbonyl (C=O) groups excluding carboxylic acids is 1. The fraction of sp³-hybridized carbons (Fsp3) is 0.0769. The van der Waals surface area contributed by atoms with E-state index in [-0.39, 0.29) is 6.42 Å². The molecule has 6 heteroatoms. The van der Waals surface area contributed by atoms with E-state index in [1.165, 1.54) is 12.4 Å². The summed E-state index contributed by atoms with van der Waals surface area (Å²) in [6.45, 7) is 0. The fourth-order valence-corrected chi connectivity index (χ4v) is 1.50. The lowest BCUT2D eigenvalue weighted by Crippen LogP contribution is -2.16. The van der Waals surface area contributed by atoms with Gasteiger partial charge < -0.3 is 5.32 Å². The number of benzene rings is 1. The molecule has 0 aliphatic rings. The molecule has 0 atom stereocenters. The molecule has 1 N–H and O–H groups in total. The molecule has 0 bridgehead atoms. The molecule has 19 heavy (non-hydrogen) atoms. The Kier molecular flexibility index (Phi) is 3.79. The first kappa shape index (κ1) is 13.1. The predicted molar refractivity (Wildman–Crippen MR) is 62.9 cm³/mol. The summed E-state index contributed by atoms with van der Waals surface area (Å²) in [6, 6.07) is 4.97. The van der Waals surface area contributed by atoms with Gasteiger partial charge in [-0.3, -0.25) is 9.78 Å². The largest absolute Gasteiger partial charge is 0.323 e. The first-order valence-corrected chi connectivity index (χ1v) is 5.40. The highest BCUT2D eigenvalue weighted by Crippen LogP contribution is 2.19. The van der Waals surface area contributed by atoms with Crippen LogP contribution in [0.3, 0.4) is 0 Å². The number of aromatic nitrogens is 1. The Morgan fingerprint density at radius 1 is 1.05 bits per heavy atom. The fourth-order valence-electron chi connectivity index (χ4n) is 1.50. The van der Waals surface area contributed by atoms with Gasteiger partial charge in [-0.25, -0.2) is 13.2 Å². The Bertz CT molecular complexity index is 602. The number of nitrogens with zero attached hydrogens (tertiary/aromatic N) is 1. The molecule has 0 unspecified atom stereocenters. The standard InChI is InChI=1S/C13H9F3N2O/c14-9-1-2-10(13(16)12(9)15)18-11(19)7-8-3-5-17-6-4-8/h1-6H,7H2,(H,18,19). The average Bonchev–Trinajstić information content (AvgIpc) is 2.41. The first-order chi connectivity index (χ1) is 9.08. The molecule has 2 aromatic rings. The number of hydrogen-bond acceptors (Lipinski definition) is 2. The van der Waals surface area contributed by atoms with Crippen LogP contribution >= 0.6 is 0 Å². The highest BCUT2D eigenvalue weighted by Gasteiger charge is 2.15. The third-order valence-corrected chi connectivity index (χ3v) is 2.42. The number of carbonyl (C=O) groups is 1. The van der Waals surface area contributed by atoms with Gasteiger partial charge in [0.25, 0.3) is 0 Å². The Labute approximate surface area is 107 Å². The number of halogens is 3. The lowest BCUT2D eigenvalue weighted by molar-refractivity contribution is -0.115. The Hall–Kier alpha value is -2.37. The molecule has 2 rings (SSSR count). The SMILES string of the molecule is O=C(Cc1ccncc1)Nc1ccc(F)c(F)c1F. The van der Waals surface area contributed by atoms with E-state index < -0.39 is 29.0 Å². The highest BCUT2D eigenvalue weighted by molar-refractivity contribution is 5.92. The summed E-state index contributed by atoms with van der Waals surface area (Å²) in [5, 5.41) is 2.19. The maximum atomic E-state index is 13.3. The van der Waals surface area contributed by atoms with Gasteiger partial charge in [0.2, 0.25) is 5.91 Å². The van der Waals surface area contributed by atoms with Crippen LogP contribution in [0.15, 0.2) is 36.7 Å². The summed E-state index contributed by atoms with van der Waals surface area (Å²) >= 11 is 0. The van der Waals surface area contributed by atoms with Crippen molar-refractivity contribution >= 4 is 11.6 Å². The zero-order valence-electron chi connectivity index (χ0n) is 9.66. The number of hydrogen-bond donors (Lipinski definition) is 1. The monoisotopic (exact) mass is 266 g/mol. The molecule has 0 saturated carbocycles. The van der Waals surface area contributed by atoms with E-state index in [1.54, 1.807) is 12.1 Å². The van der Waals surface area contributed by atoms with Gasteiger partial charge in [-0.2, -0.15) is 0 Å². The maximum Gasteiger partial charge on any atom is 0.228 e. The van der Waals surface area contributed by atoms with Crippen LogP contribution in [-0.4, -0.2) is 10.9 Å². The number of pyridine rings is 1. The molecule has 1 heterocycles. The minimum absolute atomic E-state index is 0.0129. The quantitative estimate of drug-likeness (QED) is 0.868.